The lowest BCUT2D eigenvalue weighted by Crippen LogP contribution is -2.26. The second-order valence-corrected chi connectivity index (χ2v) is 11.6. The number of aryl methyl sites for hydroxylation is 1. The van der Waals surface area contributed by atoms with Crippen molar-refractivity contribution in [2.75, 3.05) is 13.1 Å². The SMILES string of the molecule is CC(=N)NCCCN[C@@H](C)c1ccc(-n2cc3cc(-c4cc(CCCC5(N)CC5)cc(Cl)c4F)[nH]c3nc2=O)cc1. The molecule has 2 heterocycles. The zero-order valence-electron chi connectivity index (χ0n) is 23.5. The second kappa shape index (κ2) is 12.1. The van der Waals surface area contributed by atoms with Gasteiger partial charge in [-0.2, -0.15) is 4.98 Å². The normalized spacial score (nSPS) is 14.8. The molecule has 1 atom stereocenters. The van der Waals surface area contributed by atoms with E-state index in [2.05, 4.69) is 27.5 Å². The molecule has 2 aromatic heterocycles. The number of hydrogen-bond acceptors (Lipinski definition) is 5. The summed E-state index contributed by atoms with van der Waals surface area (Å²) >= 11 is 6.27. The number of aromatic nitrogens is 3. The van der Waals surface area contributed by atoms with Crippen LogP contribution in [-0.4, -0.2) is 39.0 Å². The van der Waals surface area contributed by atoms with Gasteiger partial charge in [0, 0.05) is 35.3 Å². The third-order valence-corrected chi connectivity index (χ3v) is 8.06. The molecule has 0 amide bonds. The van der Waals surface area contributed by atoms with Crippen LogP contribution in [0.2, 0.25) is 5.02 Å². The van der Waals surface area contributed by atoms with Crippen molar-refractivity contribution < 1.29 is 4.39 Å². The number of benzene rings is 2. The summed E-state index contributed by atoms with van der Waals surface area (Å²) in [6.45, 7) is 5.40. The van der Waals surface area contributed by atoms with Crippen molar-refractivity contribution in [2.45, 2.75) is 64.0 Å². The largest absolute Gasteiger partial charge is 0.374 e. The van der Waals surface area contributed by atoms with E-state index in [9.17, 15) is 4.79 Å². The molecule has 0 saturated heterocycles. The van der Waals surface area contributed by atoms with E-state index < -0.39 is 11.5 Å². The number of nitrogens with zero attached hydrogens (tertiary/aromatic N) is 2. The van der Waals surface area contributed by atoms with Gasteiger partial charge >= 0.3 is 5.69 Å². The lowest BCUT2D eigenvalue weighted by atomic mass is 10.0. The van der Waals surface area contributed by atoms with Gasteiger partial charge in [-0.3, -0.25) is 9.98 Å². The van der Waals surface area contributed by atoms with E-state index in [1.807, 2.05) is 30.3 Å². The Balaban J connectivity index is 1.32. The summed E-state index contributed by atoms with van der Waals surface area (Å²) in [6, 6.07) is 13.2. The van der Waals surface area contributed by atoms with Crippen LogP contribution in [0.15, 0.2) is 53.5 Å². The lowest BCUT2D eigenvalue weighted by molar-refractivity contribution is 0.555. The Morgan fingerprint density at radius 1 is 1.22 bits per heavy atom. The van der Waals surface area contributed by atoms with Gasteiger partial charge in [0.05, 0.1) is 22.2 Å². The summed E-state index contributed by atoms with van der Waals surface area (Å²) in [7, 11) is 0. The van der Waals surface area contributed by atoms with Gasteiger partial charge in [0.2, 0.25) is 0 Å². The van der Waals surface area contributed by atoms with Crippen molar-refractivity contribution in [1.82, 2.24) is 25.2 Å². The average Bonchev–Trinajstić information content (AvgIpc) is 3.53. The van der Waals surface area contributed by atoms with Crippen LogP contribution >= 0.6 is 11.6 Å². The van der Waals surface area contributed by atoms with E-state index in [1.54, 1.807) is 25.3 Å². The van der Waals surface area contributed by atoms with E-state index in [-0.39, 0.29) is 16.6 Å². The number of amidine groups is 1. The molecule has 0 bridgehead atoms. The fourth-order valence-electron chi connectivity index (χ4n) is 5.09. The van der Waals surface area contributed by atoms with Crippen LogP contribution in [0.4, 0.5) is 4.39 Å². The van der Waals surface area contributed by atoms with Gasteiger partial charge in [0.15, 0.2) is 5.82 Å². The Hall–Kier alpha value is -3.53. The van der Waals surface area contributed by atoms with Gasteiger partial charge in [-0.15, -0.1) is 0 Å². The highest BCUT2D eigenvalue weighted by Crippen LogP contribution is 2.37. The molecular formula is C31H37ClFN7O. The van der Waals surface area contributed by atoms with Crippen LogP contribution in [-0.2, 0) is 6.42 Å². The van der Waals surface area contributed by atoms with Gasteiger partial charge in [-0.25, -0.2) is 9.18 Å². The summed E-state index contributed by atoms with van der Waals surface area (Å²) < 4.78 is 16.6. The molecule has 0 aliphatic heterocycles. The summed E-state index contributed by atoms with van der Waals surface area (Å²) in [5, 5.41) is 14.7. The van der Waals surface area contributed by atoms with Gasteiger partial charge in [-0.1, -0.05) is 23.7 Å². The molecule has 1 fully saturated rings. The van der Waals surface area contributed by atoms with Crippen LogP contribution in [0.5, 0.6) is 0 Å². The van der Waals surface area contributed by atoms with Gasteiger partial charge in [0.1, 0.15) is 5.65 Å². The van der Waals surface area contributed by atoms with Gasteiger partial charge in [0.25, 0.3) is 0 Å². The van der Waals surface area contributed by atoms with Crippen LogP contribution in [0.1, 0.15) is 63.1 Å². The molecule has 6 N–H and O–H groups in total. The van der Waals surface area contributed by atoms with E-state index in [0.717, 1.165) is 62.7 Å². The maximum absolute atomic E-state index is 15.1. The minimum atomic E-state index is -0.505. The third kappa shape index (κ3) is 7.04. The Bertz CT molecular complexity index is 1610. The maximum Gasteiger partial charge on any atom is 0.354 e. The van der Waals surface area contributed by atoms with E-state index in [0.29, 0.717) is 33.8 Å². The Morgan fingerprint density at radius 3 is 2.68 bits per heavy atom. The van der Waals surface area contributed by atoms with Crippen molar-refractivity contribution in [3.63, 3.8) is 0 Å². The highest BCUT2D eigenvalue weighted by atomic mass is 35.5. The fourth-order valence-corrected chi connectivity index (χ4v) is 5.33. The molecule has 10 heteroatoms. The molecule has 4 aromatic rings. The van der Waals surface area contributed by atoms with Crippen LogP contribution < -0.4 is 22.1 Å². The standard InChI is InChI=1S/C31H37ClFN7O/c1-19(36-13-4-14-37-20(2)34)22-6-8-24(9-7-22)40-18-23-17-27(38-29(23)39-30(40)41)25-15-21(16-26(32)28(25)33)5-3-10-31(35)11-12-31/h6-9,15-19,36H,3-5,10-14,35H2,1-2H3,(H2,34,37)(H,38,39,41)/t19-/m0/s1. The first-order valence-electron chi connectivity index (χ1n) is 14.1. The van der Waals surface area contributed by atoms with Crippen molar-refractivity contribution in [3.05, 3.63) is 81.1 Å². The Kier molecular flexibility index (Phi) is 8.58. The van der Waals surface area contributed by atoms with Crippen molar-refractivity contribution in [1.29, 1.82) is 5.41 Å². The smallest absolute Gasteiger partial charge is 0.354 e. The summed E-state index contributed by atoms with van der Waals surface area (Å²) in [4.78, 5) is 20.3. The van der Waals surface area contributed by atoms with Crippen molar-refractivity contribution in [3.8, 4) is 16.9 Å². The highest BCUT2D eigenvalue weighted by Gasteiger charge is 2.37. The Labute approximate surface area is 244 Å². The van der Waals surface area contributed by atoms with E-state index in [4.69, 9.17) is 22.7 Å². The number of nitrogens with one attached hydrogen (secondary N) is 4. The van der Waals surface area contributed by atoms with Crippen molar-refractivity contribution in [2.24, 2.45) is 5.73 Å². The first-order valence-corrected chi connectivity index (χ1v) is 14.5. The third-order valence-electron chi connectivity index (χ3n) is 7.78. The predicted octanol–water partition coefficient (Wildman–Crippen LogP) is 5.61. The molecule has 0 spiro atoms. The monoisotopic (exact) mass is 577 g/mol. The van der Waals surface area contributed by atoms with Crippen LogP contribution in [0, 0.1) is 11.2 Å². The minimum absolute atomic E-state index is 0.0186. The molecular weight excluding hydrogens is 541 g/mol. The maximum atomic E-state index is 15.1. The molecule has 8 nitrogen and oxygen atoms in total. The first kappa shape index (κ1) is 29.0. The van der Waals surface area contributed by atoms with E-state index >= 15 is 4.39 Å². The first-order chi connectivity index (χ1) is 19.6. The van der Waals surface area contributed by atoms with Crippen LogP contribution in [0.3, 0.4) is 0 Å². The number of nitrogens with two attached hydrogens (primary N) is 1. The lowest BCUT2D eigenvalue weighted by Gasteiger charge is -2.15. The number of halogens is 2. The number of aromatic amines is 1. The molecule has 1 aliphatic rings. The minimum Gasteiger partial charge on any atom is -0.374 e. The average molecular weight is 578 g/mol. The highest BCUT2D eigenvalue weighted by molar-refractivity contribution is 6.31. The molecule has 0 unspecified atom stereocenters. The molecule has 216 valence electrons. The predicted molar refractivity (Wildman–Crippen MR) is 164 cm³/mol. The number of hydrogen-bond donors (Lipinski definition) is 5. The Morgan fingerprint density at radius 2 is 1.98 bits per heavy atom. The number of H-pyrrole nitrogens is 1. The number of fused-ring (bicyclic) bond motifs is 1. The molecule has 1 saturated carbocycles. The second-order valence-electron chi connectivity index (χ2n) is 11.2. The van der Waals surface area contributed by atoms with Gasteiger partial charge in [-0.05, 0) is 100 Å². The number of rotatable bonds is 12. The molecule has 0 radical (unpaired) electrons. The molecule has 2 aromatic carbocycles. The summed E-state index contributed by atoms with van der Waals surface area (Å²) in [5.41, 5.74) is 9.77. The zero-order valence-corrected chi connectivity index (χ0v) is 24.2. The molecule has 1 aliphatic carbocycles. The van der Waals surface area contributed by atoms with E-state index in [1.165, 1.54) is 4.57 Å². The zero-order chi connectivity index (χ0) is 29.1. The topological polar surface area (TPSA) is 125 Å². The summed E-state index contributed by atoms with van der Waals surface area (Å²) in [6.07, 6.45) is 7.39. The summed E-state index contributed by atoms with van der Waals surface area (Å²) in [5.74, 6) is -0.0347. The molecule has 41 heavy (non-hydrogen) atoms. The van der Waals surface area contributed by atoms with Crippen LogP contribution in [0.25, 0.3) is 28.0 Å². The van der Waals surface area contributed by atoms with Crippen molar-refractivity contribution >= 4 is 28.5 Å². The molecule has 5 rings (SSSR count). The fraction of sp³-hybridized carbons (Fsp3) is 0.387. The quantitative estimate of drug-likeness (QED) is 0.0849. The van der Waals surface area contributed by atoms with Gasteiger partial charge < -0.3 is 21.4 Å².